The van der Waals surface area contributed by atoms with E-state index in [1.807, 2.05) is 33.3 Å². The van der Waals surface area contributed by atoms with Crippen molar-refractivity contribution in [1.82, 2.24) is 0 Å². The average molecular weight is 751 g/mol. The van der Waals surface area contributed by atoms with E-state index in [9.17, 15) is 19.5 Å². The van der Waals surface area contributed by atoms with Crippen molar-refractivity contribution in [3.8, 4) is 0 Å². The van der Waals surface area contributed by atoms with Crippen LogP contribution in [0.5, 0.6) is 0 Å². The molecule has 0 bridgehead atoms. The molecule has 0 saturated carbocycles. The van der Waals surface area contributed by atoms with Crippen molar-refractivity contribution in [3.05, 3.63) is 24.3 Å². The zero-order valence-corrected chi connectivity index (χ0v) is 35.2. The Bertz CT molecular complexity index is 926. The minimum absolute atomic E-state index is 0.0471. The molecule has 0 aliphatic heterocycles. The van der Waals surface area contributed by atoms with E-state index in [-0.39, 0.29) is 42.7 Å². The predicted octanol–water partition coefficient (Wildman–Crippen LogP) is 11.7. The maximum absolute atomic E-state index is 12.7. The third kappa shape index (κ3) is 35.3. The number of ether oxygens (including phenoxy) is 3. The van der Waals surface area contributed by atoms with Gasteiger partial charge in [0.2, 0.25) is 0 Å². The van der Waals surface area contributed by atoms with Crippen LogP contribution in [-0.4, -0.2) is 80.6 Å². The molecule has 0 aromatic rings. The van der Waals surface area contributed by atoms with Gasteiger partial charge in [-0.3, -0.25) is 9.59 Å². The minimum Gasteiger partial charge on any atom is -0.477 e. The molecule has 0 amide bonds. The fourth-order valence-electron chi connectivity index (χ4n) is 6.51. The topological polar surface area (TPSA) is 99.1 Å². The highest BCUT2D eigenvalue weighted by Gasteiger charge is 2.31. The zero-order chi connectivity index (χ0) is 39.3. The van der Waals surface area contributed by atoms with Crippen molar-refractivity contribution in [2.24, 2.45) is 0 Å². The molecule has 0 aromatic carbocycles. The number of carbonyl (C=O) groups is 3. The number of aliphatic carboxylic acids is 1. The van der Waals surface area contributed by atoms with Crippen LogP contribution < -0.4 is 0 Å². The highest BCUT2D eigenvalue weighted by atomic mass is 16.6. The summed E-state index contributed by atoms with van der Waals surface area (Å²) in [5.74, 6) is -1.55. The van der Waals surface area contributed by atoms with E-state index in [4.69, 9.17) is 14.2 Å². The van der Waals surface area contributed by atoms with E-state index < -0.39 is 18.1 Å². The smallest absolute Gasteiger partial charge is 0.362 e. The number of carboxylic acids is 1. The standard InChI is InChI=1S/C45H83NO7/c1-6-8-10-12-14-15-16-17-18-19-20-21-22-23-24-25-26-27-28-30-32-34-36-44(48)53-41(39-51-38-37-42(45(49)50)46(3,4)5)40-52-43(47)35-33-31-29-13-11-9-7-2/h9,11,29,31,41-42H,6-8,10,12-28,30,32-40H2,1-5H3/p+1/b11-9+,31-29+. The number of carboxylic acid groups (broad SMARTS) is 1. The van der Waals surface area contributed by atoms with Crippen LogP contribution in [0, 0.1) is 0 Å². The monoisotopic (exact) mass is 751 g/mol. The maximum atomic E-state index is 12.7. The number of allylic oxidation sites excluding steroid dienone is 4. The first-order valence-electron chi connectivity index (χ1n) is 21.9. The zero-order valence-electron chi connectivity index (χ0n) is 35.2. The van der Waals surface area contributed by atoms with Gasteiger partial charge >= 0.3 is 17.9 Å². The third-order valence-electron chi connectivity index (χ3n) is 9.88. The van der Waals surface area contributed by atoms with Crippen LogP contribution in [0.4, 0.5) is 0 Å². The second-order valence-corrected chi connectivity index (χ2v) is 15.9. The first-order chi connectivity index (χ1) is 25.6. The summed E-state index contributed by atoms with van der Waals surface area (Å²) >= 11 is 0. The van der Waals surface area contributed by atoms with Gasteiger partial charge in [0.1, 0.15) is 6.61 Å². The van der Waals surface area contributed by atoms with Crippen molar-refractivity contribution < 1.29 is 38.2 Å². The van der Waals surface area contributed by atoms with Gasteiger partial charge in [0, 0.05) is 19.3 Å². The number of esters is 2. The molecule has 53 heavy (non-hydrogen) atoms. The minimum atomic E-state index is -0.881. The number of nitrogens with zero attached hydrogens (tertiary/aromatic N) is 1. The Morgan fingerprint density at radius 1 is 0.585 bits per heavy atom. The fraction of sp³-hybridized carbons (Fsp3) is 0.844. The lowest BCUT2D eigenvalue weighted by molar-refractivity contribution is -0.887. The number of unbranched alkanes of at least 4 members (excludes halogenated alkanes) is 21. The van der Waals surface area contributed by atoms with Crippen LogP contribution in [0.2, 0.25) is 0 Å². The first-order valence-corrected chi connectivity index (χ1v) is 21.9. The Labute approximate surface area is 326 Å². The van der Waals surface area contributed by atoms with E-state index in [0.717, 1.165) is 32.1 Å². The van der Waals surface area contributed by atoms with Crippen LogP contribution in [0.1, 0.15) is 194 Å². The SMILES string of the molecule is CC/C=C/C/C=C/CCC(=O)OCC(COCCC(C(=O)O)[N+](C)(C)C)OC(=O)CCCCCCCCCCCCCCCCCCCCCCCC. The Kier molecular flexibility index (Phi) is 35.2. The van der Waals surface area contributed by atoms with Gasteiger partial charge in [-0.05, 0) is 25.7 Å². The summed E-state index contributed by atoms with van der Waals surface area (Å²) in [4.78, 5) is 36.7. The summed E-state index contributed by atoms with van der Waals surface area (Å²) in [6, 6.07) is -0.617. The highest BCUT2D eigenvalue weighted by Crippen LogP contribution is 2.16. The quantitative estimate of drug-likeness (QED) is 0.0289. The molecule has 0 spiro atoms. The molecule has 8 nitrogen and oxygen atoms in total. The summed E-state index contributed by atoms with van der Waals surface area (Å²) in [7, 11) is 5.51. The summed E-state index contributed by atoms with van der Waals surface area (Å²) in [6.45, 7) is 4.54. The van der Waals surface area contributed by atoms with Gasteiger partial charge in [-0.2, -0.15) is 0 Å². The molecule has 0 rings (SSSR count). The van der Waals surface area contributed by atoms with Crippen molar-refractivity contribution in [1.29, 1.82) is 0 Å². The Morgan fingerprint density at radius 3 is 1.51 bits per heavy atom. The number of rotatable bonds is 39. The van der Waals surface area contributed by atoms with Gasteiger partial charge in [0.25, 0.3) is 0 Å². The summed E-state index contributed by atoms with van der Waals surface area (Å²) in [6.07, 6.45) is 39.9. The lowest BCUT2D eigenvalue weighted by atomic mass is 10.0. The predicted molar refractivity (Wildman–Crippen MR) is 220 cm³/mol. The van der Waals surface area contributed by atoms with E-state index in [1.165, 1.54) is 122 Å². The molecule has 8 heteroatoms. The molecule has 0 aliphatic carbocycles. The maximum Gasteiger partial charge on any atom is 0.362 e. The van der Waals surface area contributed by atoms with Gasteiger partial charge in [-0.15, -0.1) is 0 Å². The number of hydrogen-bond acceptors (Lipinski definition) is 6. The largest absolute Gasteiger partial charge is 0.477 e. The van der Waals surface area contributed by atoms with Crippen LogP contribution >= 0.6 is 0 Å². The molecule has 0 aromatic heterocycles. The van der Waals surface area contributed by atoms with Crippen LogP contribution in [-0.2, 0) is 28.6 Å². The van der Waals surface area contributed by atoms with Crippen LogP contribution in [0.25, 0.3) is 0 Å². The number of hydrogen-bond donors (Lipinski definition) is 1. The van der Waals surface area contributed by atoms with Gasteiger partial charge in [-0.1, -0.05) is 173 Å². The van der Waals surface area contributed by atoms with E-state index >= 15 is 0 Å². The van der Waals surface area contributed by atoms with Crippen molar-refractivity contribution in [3.63, 3.8) is 0 Å². The average Bonchev–Trinajstić information content (AvgIpc) is 3.11. The van der Waals surface area contributed by atoms with Crippen LogP contribution in [0.3, 0.4) is 0 Å². The van der Waals surface area contributed by atoms with Gasteiger partial charge in [0.15, 0.2) is 12.1 Å². The molecule has 0 aliphatic rings. The van der Waals surface area contributed by atoms with E-state index in [0.29, 0.717) is 19.3 Å². The van der Waals surface area contributed by atoms with Crippen molar-refractivity contribution >= 4 is 17.9 Å². The summed E-state index contributed by atoms with van der Waals surface area (Å²) in [5, 5.41) is 9.58. The summed E-state index contributed by atoms with van der Waals surface area (Å²) < 4.78 is 17.1. The molecule has 2 unspecified atom stereocenters. The molecule has 0 radical (unpaired) electrons. The van der Waals surface area contributed by atoms with E-state index in [1.54, 1.807) is 0 Å². The number of carbonyl (C=O) groups excluding carboxylic acids is 2. The van der Waals surface area contributed by atoms with Gasteiger partial charge < -0.3 is 23.8 Å². The molecular formula is C45H84NO7+. The van der Waals surface area contributed by atoms with Crippen molar-refractivity contribution in [2.45, 2.75) is 206 Å². The molecule has 0 heterocycles. The molecule has 0 saturated heterocycles. The Hall–Kier alpha value is -2.19. The van der Waals surface area contributed by atoms with E-state index in [2.05, 4.69) is 26.0 Å². The molecule has 0 fully saturated rings. The van der Waals surface area contributed by atoms with Crippen molar-refractivity contribution in [2.75, 3.05) is 41.0 Å². The molecular weight excluding hydrogens is 666 g/mol. The van der Waals surface area contributed by atoms with Crippen LogP contribution in [0.15, 0.2) is 24.3 Å². The third-order valence-corrected chi connectivity index (χ3v) is 9.88. The van der Waals surface area contributed by atoms with Gasteiger partial charge in [0.05, 0.1) is 34.4 Å². The molecule has 2 atom stereocenters. The fourth-order valence-corrected chi connectivity index (χ4v) is 6.51. The lowest BCUT2D eigenvalue weighted by Crippen LogP contribution is -2.50. The first kappa shape index (κ1) is 50.8. The Balaban J connectivity index is 4.14. The van der Waals surface area contributed by atoms with Gasteiger partial charge in [-0.25, -0.2) is 4.79 Å². The number of quaternary nitrogens is 1. The second-order valence-electron chi connectivity index (χ2n) is 15.9. The Morgan fingerprint density at radius 2 is 1.06 bits per heavy atom. The highest BCUT2D eigenvalue weighted by molar-refractivity contribution is 5.72. The normalized spacial score (nSPS) is 13.2. The summed E-state index contributed by atoms with van der Waals surface area (Å²) in [5.41, 5.74) is 0. The molecule has 1 N–H and O–H groups in total. The molecule has 310 valence electrons. The number of likely N-dealkylation sites (N-methyl/N-ethyl adjacent to an activating group) is 1. The lowest BCUT2D eigenvalue weighted by Gasteiger charge is -2.31. The second kappa shape index (κ2) is 36.8.